The Morgan fingerprint density at radius 2 is 1.84 bits per heavy atom. The van der Waals surface area contributed by atoms with Crippen LogP contribution in [0.1, 0.15) is 28.3 Å². The van der Waals surface area contributed by atoms with Crippen LogP contribution in [-0.2, 0) is 0 Å². The van der Waals surface area contributed by atoms with E-state index < -0.39 is 6.23 Å². The maximum atomic E-state index is 6.47. The molecule has 0 fully saturated rings. The summed E-state index contributed by atoms with van der Waals surface area (Å²) in [4.78, 5) is 1.15. The fourth-order valence-electron chi connectivity index (χ4n) is 4.06. The number of hydrogen-bond acceptors (Lipinski definition) is 7. The molecule has 0 saturated heterocycles. The summed E-state index contributed by atoms with van der Waals surface area (Å²) in [6, 6.07) is 13.6. The largest absolute Gasteiger partial charge is 0.493 e. The van der Waals surface area contributed by atoms with Gasteiger partial charge in [0.05, 0.1) is 43.5 Å². The van der Waals surface area contributed by atoms with Gasteiger partial charge in [-0.3, -0.25) is 0 Å². The van der Waals surface area contributed by atoms with E-state index in [0.717, 1.165) is 27.5 Å². The number of benzene rings is 2. The summed E-state index contributed by atoms with van der Waals surface area (Å²) in [6.45, 7) is 0. The second kappa shape index (κ2) is 8.00. The molecule has 2 aliphatic heterocycles. The van der Waals surface area contributed by atoms with E-state index in [1.54, 1.807) is 32.7 Å². The Balaban J connectivity index is 1.64. The van der Waals surface area contributed by atoms with Gasteiger partial charge in [0, 0.05) is 10.6 Å². The van der Waals surface area contributed by atoms with Crippen LogP contribution in [0.2, 0.25) is 5.02 Å². The van der Waals surface area contributed by atoms with Crippen molar-refractivity contribution in [1.82, 2.24) is 10.4 Å². The Morgan fingerprint density at radius 3 is 2.55 bits per heavy atom. The minimum absolute atomic E-state index is 0.0673. The van der Waals surface area contributed by atoms with Crippen molar-refractivity contribution in [3.63, 3.8) is 0 Å². The number of ether oxygens (including phenoxy) is 4. The molecule has 3 heterocycles. The van der Waals surface area contributed by atoms with Crippen LogP contribution in [0.5, 0.6) is 23.0 Å². The van der Waals surface area contributed by atoms with Crippen LogP contribution in [-0.4, -0.2) is 26.3 Å². The summed E-state index contributed by atoms with van der Waals surface area (Å²) in [7, 11) is 4.81. The Morgan fingerprint density at radius 1 is 1.00 bits per heavy atom. The zero-order valence-electron chi connectivity index (χ0n) is 17.2. The van der Waals surface area contributed by atoms with Gasteiger partial charge in [0.25, 0.3) is 0 Å². The lowest BCUT2D eigenvalue weighted by atomic mass is 10.0. The first-order valence-electron chi connectivity index (χ1n) is 9.70. The molecule has 0 spiro atoms. The number of fused-ring (bicyclic) bond motifs is 3. The topological polar surface area (TPSA) is 52.2 Å². The maximum absolute atomic E-state index is 6.47. The van der Waals surface area contributed by atoms with Crippen molar-refractivity contribution in [1.29, 1.82) is 0 Å². The molecule has 0 radical (unpaired) electrons. The molecule has 1 N–H and O–H groups in total. The average molecular weight is 457 g/mol. The third kappa shape index (κ3) is 3.29. The SMILES string of the molecule is COc1ccc(C2Oc3ccc(Cl)cc3C3C=C(c4cccs4)NN32)c(OC)c1OC. The third-order valence-corrected chi connectivity index (χ3v) is 6.58. The molecule has 31 heavy (non-hydrogen) atoms. The van der Waals surface area contributed by atoms with Crippen molar-refractivity contribution >= 4 is 28.6 Å². The van der Waals surface area contributed by atoms with Gasteiger partial charge in [-0.1, -0.05) is 17.7 Å². The van der Waals surface area contributed by atoms with Crippen molar-refractivity contribution in [2.75, 3.05) is 21.3 Å². The van der Waals surface area contributed by atoms with Crippen molar-refractivity contribution < 1.29 is 18.9 Å². The number of methoxy groups -OCH3 is 3. The average Bonchev–Trinajstić information content (AvgIpc) is 3.47. The van der Waals surface area contributed by atoms with Crippen LogP contribution in [0.4, 0.5) is 0 Å². The molecule has 0 amide bonds. The second-order valence-electron chi connectivity index (χ2n) is 7.10. The van der Waals surface area contributed by atoms with Crippen LogP contribution < -0.4 is 24.4 Å². The number of halogens is 1. The lowest BCUT2D eigenvalue weighted by Crippen LogP contribution is -2.43. The molecule has 5 rings (SSSR count). The lowest BCUT2D eigenvalue weighted by Gasteiger charge is -2.39. The molecule has 2 unspecified atom stereocenters. The van der Waals surface area contributed by atoms with Crippen LogP contribution >= 0.6 is 22.9 Å². The van der Waals surface area contributed by atoms with Gasteiger partial charge in [0.2, 0.25) is 5.75 Å². The molecule has 2 atom stereocenters. The summed E-state index contributed by atoms with van der Waals surface area (Å²) in [5, 5.41) is 4.80. The fraction of sp³-hybridized carbons (Fsp3) is 0.217. The van der Waals surface area contributed by atoms with Crippen LogP contribution in [0, 0.1) is 0 Å². The van der Waals surface area contributed by atoms with E-state index in [2.05, 4.69) is 28.0 Å². The van der Waals surface area contributed by atoms with Gasteiger partial charge in [-0.25, -0.2) is 0 Å². The highest BCUT2D eigenvalue weighted by Crippen LogP contribution is 2.51. The Kier molecular flexibility index (Phi) is 5.17. The first-order chi connectivity index (χ1) is 15.1. The Bertz CT molecular complexity index is 1150. The fourth-order valence-corrected chi connectivity index (χ4v) is 4.95. The molecule has 6 nitrogen and oxygen atoms in total. The van der Waals surface area contributed by atoms with Crippen molar-refractivity contribution in [3.05, 3.63) is 74.9 Å². The normalized spacial score (nSPS) is 19.5. The summed E-state index contributed by atoms with van der Waals surface area (Å²) >= 11 is 7.99. The molecule has 0 aliphatic carbocycles. The second-order valence-corrected chi connectivity index (χ2v) is 8.48. The minimum atomic E-state index is -0.470. The number of nitrogens with one attached hydrogen (secondary N) is 1. The molecular formula is C23H21ClN2O4S. The minimum Gasteiger partial charge on any atom is -0.493 e. The highest BCUT2D eigenvalue weighted by atomic mass is 35.5. The molecule has 3 aromatic rings. The summed E-state index contributed by atoms with van der Waals surface area (Å²) in [5.74, 6) is 2.46. The third-order valence-electron chi connectivity index (χ3n) is 5.44. The standard InChI is InChI=1S/C23H21ClN2O4S/c1-27-19-9-7-14(21(28-2)22(19)29-3)23-26-17(12-16(25-26)20-5-4-10-31-20)15-11-13(24)6-8-18(15)30-23/h4-12,17,23,25H,1-3H3. The molecule has 8 heteroatoms. The molecule has 0 saturated carbocycles. The molecule has 160 valence electrons. The van der Waals surface area contributed by atoms with Gasteiger partial charge in [-0.05, 0) is 47.9 Å². The van der Waals surface area contributed by atoms with Gasteiger partial charge in [0.15, 0.2) is 17.7 Å². The van der Waals surface area contributed by atoms with E-state index in [0.29, 0.717) is 22.3 Å². The van der Waals surface area contributed by atoms with Gasteiger partial charge >= 0.3 is 0 Å². The van der Waals surface area contributed by atoms with E-state index in [9.17, 15) is 0 Å². The number of nitrogens with zero attached hydrogens (tertiary/aromatic N) is 1. The van der Waals surface area contributed by atoms with Crippen LogP contribution in [0.15, 0.2) is 53.9 Å². The Hall–Kier alpha value is -2.87. The van der Waals surface area contributed by atoms with Gasteiger partial charge in [-0.2, -0.15) is 5.01 Å². The molecule has 2 aliphatic rings. The maximum Gasteiger partial charge on any atom is 0.203 e. The Labute approximate surface area is 189 Å². The van der Waals surface area contributed by atoms with Crippen LogP contribution in [0.25, 0.3) is 5.70 Å². The first-order valence-corrected chi connectivity index (χ1v) is 11.0. The lowest BCUT2D eigenvalue weighted by molar-refractivity contribution is -0.0340. The quantitative estimate of drug-likeness (QED) is 0.553. The van der Waals surface area contributed by atoms with E-state index >= 15 is 0 Å². The van der Waals surface area contributed by atoms with E-state index in [4.69, 9.17) is 30.5 Å². The molecular weight excluding hydrogens is 436 g/mol. The van der Waals surface area contributed by atoms with E-state index in [-0.39, 0.29) is 6.04 Å². The van der Waals surface area contributed by atoms with Crippen molar-refractivity contribution in [2.24, 2.45) is 0 Å². The van der Waals surface area contributed by atoms with Crippen LogP contribution in [0.3, 0.4) is 0 Å². The summed E-state index contributed by atoms with van der Waals surface area (Å²) in [6.07, 6.45) is 1.73. The number of hydrogen-bond donors (Lipinski definition) is 1. The van der Waals surface area contributed by atoms with Gasteiger partial charge in [-0.15, -0.1) is 11.3 Å². The molecule has 0 bridgehead atoms. The predicted molar refractivity (Wildman–Crippen MR) is 121 cm³/mol. The monoisotopic (exact) mass is 456 g/mol. The summed E-state index contributed by atoms with van der Waals surface area (Å²) < 4.78 is 23.2. The van der Waals surface area contributed by atoms with Gasteiger partial charge < -0.3 is 24.4 Å². The number of hydrazine groups is 1. The predicted octanol–water partition coefficient (Wildman–Crippen LogP) is 5.42. The zero-order valence-corrected chi connectivity index (χ0v) is 18.8. The number of rotatable bonds is 5. The molecule has 1 aromatic heterocycles. The van der Waals surface area contributed by atoms with E-state index in [1.165, 1.54) is 0 Å². The first kappa shape index (κ1) is 20.1. The highest BCUT2D eigenvalue weighted by molar-refractivity contribution is 7.11. The zero-order chi connectivity index (χ0) is 21.5. The van der Waals surface area contributed by atoms with E-state index in [1.807, 2.05) is 36.4 Å². The van der Waals surface area contributed by atoms with Gasteiger partial charge in [0.1, 0.15) is 5.75 Å². The van der Waals surface area contributed by atoms with Crippen molar-refractivity contribution in [2.45, 2.75) is 12.3 Å². The smallest absolute Gasteiger partial charge is 0.203 e. The highest BCUT2D eigenvalue weighted by Gasteiger charge is 2.42. The molecule has 2 aromatic carbocycles. The number of thiophene rings is 1. The summed E-state index contributed by atoms with van der Waals surface area (Å²) in [5.41, 5.74) is 6.38. The van der Waals surface area contributed by atoms with Crippen molar-refractivity contribution in [3.8, 4) is 23.0 Å².